The van der Waals surface area contributed by atoms with E-state index in [9.17, 15) is 5.11 Å². The molecule has 0 spiro atoms. The standard InChI is InChI=1S/C14H21N3O3S/c1-16(2)5-6-17-13(11(20-4)8-15-17)14(18)12-7-10(19-3)9-21-12/h7-9,14,18H,5-6H2,1-4H3. The molecule has 116 valence electrons. The van der Waals surface area contributed by atoms with Crippen molar-refractivity contribution in [2.24, 2.45) is 0 Å². The molecule has 0 saturated heterocycles. The predicted molar refractivity (Wildman–Crippen MR) is 82.3 cm³/mol. The second-order valence-electron chi connectivity index (χ2n) is 4.92. The zero-order chi connectivity index (χ0) is 15.4. The van der Waals surface area contributed by atoms with Crippen LogP contribution in [0.4, 0.5) is 0 Å². The number of likely N-dealkylation sites (N-methyl/N-ethyl adjacent to an activating group) is 1. The lowest BCUT2D eigenvalue weighted by atomic mass is 10.2. The molecular formula is C14H21N3O3S. The Morgan fingerprint density at radius 1 is 1.38 bits per heavy atom. The van der Waals surface area contributed by atoms with E-state index in [0.29, 0.717) is 18.0 Å². The van der Waals surface area contributed by atoms with Crippen molar-refractivity contribution in [1.29, 1.82) is 0 Å². The van der Waals surface area contributed by atoms with Gasteiger partial charge in [-0.2, -0.15) is 5.10 Å². The van der Waals surface area contributed by atoms with Gasteiger partial charge in [-0.1, -0.05) is 0 Å². The van der Waals surface area contributed by atoms with Gasteiger partial charge in [0.1, 0.15) is 17.5 Å². The van der Waals surface area contributed by atoms with Crippen LogP contribution in [0.2, 0.25) is 0 Å². The minimum atomic E-state index is -0.779. The van der Waals surface area contributed by atoms with E-state index in [2.05, 4.69) is 10.00 Å². The number of hydrogen-bond acceptors (Lipinski definition) is 6. The first-order chi connectivity index (χ1) is 10.1. The highest BCUT2D eigenvalue weighted by Crippen LogP contribution is 2.35. The number of nitrogens with zero attached hydrogens (tertiary/aromatic N) is 3. The second-order valence-corrected chi connectivity index (χ2v) is 5.86. The van der Waals surface area contributed by atoms with Crippen LogP contribution in [0.25, 0.3) is 0 Å². The molecule has 0 aliphatic rings. The Morgan fingerprint density at radius 3 is 2.71 bits per heavy atom. The van der Waals surface area contributed by atoms with Gasteiger partial charge in [-0.05, 0) is 20.2 Å². The van der Waals surface area contributed by atoms with Gasteiger partial charge in [0.2, 0.25) is 0 Å². The van der Waals surface area contributed by atoms with Crippen LogP contribution in [0.1, 0.15) is 16.7 Å². The fraction of sp³-hybridized carbons (Fsp3) is 0.500. The van der Waals surface area contributed by atoms with Crippen LogP contribution in [0, 0.1) is 0 Å². The number of thiophene rings is 1. The van der Waals surface area contributed by atoms with Gasteiger partial charge in [0.05, 0.1) is 27.0 Å². The zero-order valence-electron chi connectivity index (χ0n) is 12.7. The Bertz CT molecular complexity index is 580. The molecule has 2 rings (SSSR count). The summed E-state index contributed by atoms with van der Waals surface area (Å²) in [5.41, 5.74) is 0.670. The SMILES string of the molecule is COc1csc(C(O)c2c(OC)cnn2CCN(C)C)c1. The largest absolute Gasteiger partial charge is 0.496 e. The van der Waals surface area contributed by atoms with Crippen LogP contribution >= 0.6 is 11.3 Å². The normalized spacial score (nSPS) is 12.7. The first-order valence-electron chi connectivity index (χ1n) is 6.61. The summed E-state index contributed by atoms with van der Waals surface area (Å²) in [4.78, 5) is 2.87. The van der Waals surface area contributed by atoms with Gasteiger partial charge in [-0.15, -0.1) is 11.3 Å². The van der Waals surface area contributed by atoms with Crippen molar-refractivity contribution in [3.63, 3.8) is 0 Å². The summed E-state index contributed by atoms with van der Waals surface area (Å²) in [6.07, 6.45) is 0.859. The van der Waals surface area contributed by atoms with Crippen molar-refractivity contribution < 1.29 is 14.6 Å². The van der Waals surface area contributed by atoms with Gasteiger partial charge in [0.15, 0.2) is 5.75 Å². The summed E-state index contributed by atoms with van der Waals surface area (Å²) in [5.74, 6) is 1.33. The molecule has 1 N–H and O–H groups in total. The second kappa shape index (κ2) is 6.93. The van der Waals surface area contributed by atoms with E-state index in [4.69, 9.17) is 9.47 Å². The molecule has 0 aliphatic carbocycles. The van der Waals surface area contributed by atoms with Crippen LogP contribution < -0.4 is 9.47 Å². The maximum atomic E-state index is 10.6. The molecule has 0 radical (unpaired) electrons. The van der Waals surface area contributed by atoms with Gasteiger partial charge in [0, 0.05) is 16.8 Å². The third-order valence-corrected chi connectivity index (χ3v) is 4.15. The topological polar surface area (TPSA) is 59.8 Å². The molecule has 0 saturated carbocycles. The Morgan fingerprint density at radius 2 is 2.14 bits per heavy atom. The molecule has 0 aliphatic heterocycles. The maximum absolute atomic E-state index is 10.6. The fourth-order valence-electron chi connectivity index (χ4n) is 2.00. The van der Waals surface area contributed by atoms with Crippen molar-refractivity contribution in [2.45, 2.75) is 12.6 Å². The average Bonchev–Trinajstić information content (AvgIpc) is 3.10. The van der Waals surface area contributed by atoms with Gasteiger partial charge in [-0.25, -0.2) is 0 Å². The minimum Gasteiger partial charge on any atom is -0.496 e. The molecule has 0 amide bonds. The highest BCUT2D eigenvalue weighted by molar-refractivity contribution is 7.10. The number of rotatable bonds is 7. The molecule has 6 nitrogen and oxygen atoms in total. The minimum absolute atomic E-state index is 0.591. The molecule has 0 aromatic carbocycles. The number of ether oxygens (including phenoxy) is 2. The number of methoxy groups -OCH3 is 2. The highest BCUT2D eigenvalue weighted by atomic mass is 32.1. The lowest BCUT2D eigenvalue weighted by molar-refractivity contribution is 0.203. The van der Waals surface area contributed by atoms with Crippen LogP contribution in [0.5, 0.6) is 11.5 Å². The lowest BCUT2D eigenvalue weighted by Gasteiger charge is -2.15. The highest BCUT2D eigenvalue weighted by Gasteiger charge is 2.23. The molecular weight excluding hydrogens is 290 g/mol. The fourth-order valence-corrected chi connectivity index (χ4v) is 2.84. The number of aromatic nitrogens is 2. The molecule has 21 heavy (non-hydrogen) atoms. The molecule has 0 bridgehead atoms. The third-order valence-electron chi connectivity index (χ3n) is 3.18. The van der Waals surface area contributed by atoms with E-state index in [0.717, 1.165) is 17.2 Å². The van der Waals surface area contributed by atoms with Crippen LogP contribution in [0.3, 0.4) is 0 Å². The number of aliphatic hydroxyl groups is 1. The summed E-state index contributed by atoms with van der Waals surface area (Å²) >= 11 is 1.45. The first-order valence-corrected chi connectivity index (χ1v) is 7.49. The van der Waals surface area contributed by atoms with Gasteiger partial charge in [-0.3, -0.25) is 4.68 Å². The average molecular weight is 311 g/mol. The Balaban J connectivity index is 2.29. The predicted octanol–water partition coefficient (Wildman–Crippen LogP) is 1.61. The molecule has 0 fully saturated rings. The smallest absolute Gasteiger partial charge is 0.163 e. The molecule has 1 unspecified atom stereocenters. The van der Waals surface area contributed by atoms with E-state index in [-0.39, 0.29) is 0 Å². The molecule has 7 heteroatoms. The summed E-state index contributed by atoms with van der Waals surface area (Å²) < 4.78 is 12.3. The zero-order valence-corrected chi connectivity index (χ0v) is 13.6. The van der Waals surface area contributed by atoms with Gasteiger partial charge in [0.25, 0.3) is 0 Å². The summed E-state index contributed by atoms with van der Waals surface area (Å²) in [5, 5.41) is 16.8. The summed E-state index contributed by atoms with van der Waals surface area (Å²) in [7, 11) is 7.20. The van der Waals surface area contributed by atoms with Gasteiger partial charge >= 0.3 is 0 Å². The van der Waals surface area contributed by atoms with Gasteiger partial charge < -0.3 is 19.5 Å². The van der Waals surface area contributed by atoms with Crippen molar-refractivity contribution in [3.05, 3.63) is 28.2 Å². The lowest BCUT2D eigenvalue weighted by Crippen LogP contribution is -2.21. The third kappa shape index (κ3) is 3.55. The van der Waals surface area contributed by atoms with E-state index in [1.807, 2.05) is 25.5 Å². The monoisotopic (exact) mass is 311 g/mol. The van der Waals surface area contributed by atoms with E-state index >= 15 is 0 Å². The van der Waals surface area contributed by atoms with Crippen molar-refractivity contribution in [2.75, 3.05) is 34.9 Å². The number of hydrogen-bond donors (Lipinski definition) is 1. The maximum Gasteiger partial charge on any atom is 0.163 e. The van der Waals surface area contributed by atoms with Crippen molar-refractivity contribution in [3.8, 4) is 11.5 Å². The molecule has 2 heterocycles. The molecule has 2 aromatic rings. The van der Waals surface area contributed by atoms with Crippen LogP contribution in [-0.2, 0) is 6.54 Å². The van der Waals surface area contributed by atoms with Crippen LogP contribution in [-0.4, -0.2) is 54.6 Å². The van der Waals surface area contributed by atoms with E-state index in [1.165, 1.54) is 11.3 Å². The van der Waals surface area contributed by atoms with Crippen molar-refractivity contribution in [1.82, 2.24) is 14.7 Å². The summed E-state index contributed by atoms with van der Waals surface area (Å²) in [6.45, 7) is 1.52. The van der Waals surface area contributed by atoms with E-state index < -0.39 is 6.10 Å². The quantitative estimate of drug-likeness (QED) is 0.842. The Hall–Kier alpha value is -1.57. The Kier molecular flexibility index (Phi) is 5.22. The number of aliphatic hydroxyl groups excluding tert-OH is 1. The van der Waals surface area contributed by atoms with Crippen molar-refractivity contribution >= 4 is 11.3 Å². The van der Waals surface area contributed by atoms with Crippen LogP contribution in [0.15, 0.2) is 17.6 Å². The molecule has 2 aromatic heterocycles. The molecule has 1 atom stereocenters. The van der Waals surface area contributed by atoms with E-state index in [1.54, 1.807) is 25.1 Å². The first kappa shape index (κ1) is 15.8. The Labute approximate surface area is 128 Å². The summed E-state index contributed by atoms with van der Waals surface area (Å²) in [6, 6.07) is 1.83.